The summed E-state index contributed by atoms with van der Waals surface area (Å²) in [5.41, 5.74) is 1.14. The lowest BCUT2D eigenvalue weighted by Gasteiger charge is -2.21. The zero-order valence-corrected chi connectivity index (χ0v) is 12.8. The Morgan fingerprint density at radius 1 is 1.19 bits per heavy atom. The molecule has 0 aliphatic rings. The molecule has 112 valence electrons. The highest BCUT2D eigenvalue weighted by molar-refractivity contribution is 5.81. The van der Waals surface area contributed by atoms with Gasteiger partial charge in [0, 0.05) is 14.1 Å². The summed E-state index contributed by atoms with van der Waals surface area (Å²) in [6.07, 6.45) is 0.664. The highest BCUT2D eigenvalue weighted by Gasteiger charge is 2.20. The van der Waals surface area contributed by atoms with E-state index in [0.29, 0.717) is 13.0 Å². The molecule has 0 spiro atoms. The van der Waals surface area contributed by atoms with Crippen LogP contribution in [0.2, 0.25) is 0 Å². The number of hydrogen-bond acceptors (Lipinski definition) is 3. The molecule has 1 atom stereocenters. The molecular weight excluding hydrogens is 264 g/mol. The number of nitrogens with zero attached hydrogens (tertiary/aromatic N) is 1. The minimum atomic E-state index is -0.257. The molecule has 1 aromatic heterocycles. The van der Waals surface area contributed by atoms with E-state index in [0.717, 1.165) is 17.1 Å². The van der Waals surface area contributed by atoms with Crippen LogP contribution in [0, 0.1) is 6.92 Å². The first-order valence-corrected chi connectivity index (χ1v) is 7.10. The van der Waals surface area contributed by atoms with Gasteiger partial charge in [-0.05, 0) is 31.0 Å². The van der Waals surface area contributed by atoms with Crippen molar-refractivity contribution in [3.8, 4) is 0 Å². The number of amides is 1. The Morgan fingerprint density at radius 2 is 1.90 bits per heavy atom. The van der Waals surface area contributed by atoms with Gasteiger partial charge in [0.2, 0.25) is 5.91 Å². The van der Waals surface area contributed by atoms with E-state index in [2.05, 4.69) is 5.32 Å². The number of nitrogens with one attached hydrogen (secondary N) is 1. The lowest BCUT2D eigenvalue weighted by molar-refractivity contribution is -0.130. The predicted molar refractivity (Wildman–Crippen MR) is 82.9 cm³/mol. The van der Waals surface area contributed by atoms with Crippen LogP contribution in [0.4, 0.5) is 0 Å². The summed E-state index contributed by atoms with van der Waals surface area (Å²) < 4.78 is 5.54. The molecule has 0 saturated carbocycles. The maximum absolute atomic E-state index is 12.3. The first kappa shape index (κ1) is 15.3. The largest absolute Gasteiger partial charge is 0.465 e. The van der Waals surface area contributed by atoms with Crippen LogP contribution < -0.4 is 5.32 Å². The highest BCUT2D eigenvalue weighted by Crippen LogP contribution is 2.09. The van der Waals surface area contributed by atoms with Gasteiger partial charge in [-0.15, -0.1) is 0 Å². The van der Waals surface area contributed by atoms with Gasteiger partial charge in [0.05, 0.1) is 12.6 Å². The van der Waals surface area contributed by atoms with Gasteiger partial charge in [0.15, 0.2) is 0 Å². The van der Waals surface area contributed by atoms with E-state index in [9.17, 15) is 4.79 Å². The molecule has 1 amide bonds. The number of rotatable bonds is 6. The van der Waals surface area contributed by atoms with Crippen molar-refractivity contribution in [3.63, 3.8) is 0 Å². The third-order valence-electron chi connectivity index (χ3n) is 3.34. The van der Waals surface area contributed by atoms with Gasteiger partial charge in [0.25, 0.3) is 0 Å². The molecule has 2 aromatic rings. The normalized spacial score (nSPS) is 12.1. The molecule has 0 saturated heterocycles. The van der Waals surface area contributed by atoms with Gasteiger partial charge in [0.1, 0.15) is 11.5 Å². The fraction of sp³-hybridized carbons (Fsp3) is 0.353. The Bertz CT molecular complexity index is 575. The topological polar surface area (TPSA) is 45.5 Å². The molecule has 1 aromatic carbocycles. The van der Waals surface area contributed by atoms with E-state index in [4.69, 9.17) is 4.42 Å². The zero-order valence-electron chi connectivity index (χ0n) is 12.8. The predicted octanol–water partition coefficient (Wildman–Crippen LogP) is 2.38. The lowest BCUT2D eigenvalue weighted by Crippen LogP contribution is -2.44. The van der Waals surface area contributed by atoms with Crippen molar-refractivity contribution in [3.05, 3.63) is 59.5 Å². The summed E-state index contributed by atoms with van der Waals surface area (Å²) >= 11 is 0. The second-order valence-electron chi connectivity index (χ2n) is 5.37. The van der Waals surface area contributed by atoms with Crippen LogP contribution in [-0.2, 0) is 17.8 Å². The number of likely N-dealkylation sites (N-methyl/N-ethyl adjacent to an activating group) is 1. The molecule has 1 N–H and O–H groups in total. The van der Waals surface area contributed by atoms with Gasteiger partial charge < -0.3 is 9.32 Å². The summed E-state index contributed by atoms with van der Waals surface area (Å²) in [6.45, 7) is 2.46. The average Bonchev–Trinajstić information content (AvgIpc) is 2.89. The van der Waals surface area contributed by atoms with E-state index in [1.54, 1.807) is 19.0 Å². The minimum absolute atomic E-state index is 0.0714. The summed E-state index contributed by atoms with van der Waals surface area (Å²) in [7, 11) is 3.55. The van der Waals surface area contributed by atoms with Crippen molar-refractivity contribution in [1.82, 2.24) is 10.2 Å². The van der Waals surface area contributed by atoms with Crippen molar-refractivity contribution in [2.75, 3.05) is 14.1 Å². The van der Waals surface area contributed by atoms with Gasteiger partial charge in [-0.2, -0.15) is 0 Å². The van der Waals surface area contributed by atoms with Crippen LogP contribution >= 0.6 is 0 Å². The molecular formula is C17H22N2O2. The molecule has 0 fully saturated rings. The Balaban J connectivity index is 2.03. The van der Waals surface area contributed by atoms with Gasteiger partial charge in [-0.1, -0.05) is 30.3 Å². The number of aryl methyl sites for hydroxylation is 1. The van der Waals surface area contributed by atoms with Crippen molar-refractivity contribution < 1.29 is 9.21 Å². The smallest absolute Gasteiger partial charge is 0.239 e. The molecule has 1 heterocycles. The molecule has 1 unspecified atom stereocenters. The first-order chi connectivity index (χ1) is 10.1. The number of carbonyl (C=O) groups excluding carboxylic acids is 1. The van der Waals surface area contributed by atoms with Crippen molar-refractivity contribution in [2.45, 2.75) is 25.9 Å². The minimum Gasteiger partial charge on any atom is -0.465 e. The van der Waals surface area contributed by atoms with Gasteiger partial charge >= 0.3 is 0 Å². The SMILES string of the molecule is Cc1ccc(CNC(Cc2ccccc2)C(=O)N(C)C)o1. The van der Waals surface area contributed by atoms with Crippen LogP contribution in [0.15, 0.2) is 46.9 Å². The standard InChI is InChI=1S/C17H22N2O2/c1-13-9-10-15(21-13)12-18-16(17(20)19(2)3)11-14-7-5-4-6-8-14/h4-10,16,18H,11-12H2,1-3H3. The molecule has 4 heteroatoms. The van der Waals surface area contributed by atoms with Crippen molar-refractivity contribution in [1.29, 1.82) is 0 Å². The summed E-state index contributed by atoms with van der Waals surface area (Å²) in [6, 6.07) is 13.6. The van der Waals surface area contributed by atoms with Crippen LogP contribution in [0.25, 0.3) is 0 Å². The Kier molecular flexibility index (Phi) is 5.17. The second-order valence-corrected chi connectivity index (χ2v) is 5.37. The zero-order chi connectivity index (χ0) is 15.2. The van der Waals surface area contributed by atoms with Crippen LogP contribution in [0.3, 0.4) is 0 Å². The molecule has 0 aliphatic carbocycles. The molecule has 0 bridgehead atoms. The van der Waals surface area contributed by atoms with E-state index in [-0.39, 0.29) is 11.9 Å². The first-order valence-electron chi connectivity index (χ1n) is 7.10. The molecule has 0 radical (unpaired) electrons. The monoisotopic (exact) mass is 286 g/mol. The third kappa shape index (κ3) is 4.46. The number of carbonyl (C=O) groups is 1. The fourth-order valence-electron chi connectivity index (χ4n) is 2.21. The third-order valence-corrected chi connectivity index (χ3v) is 3.34. The molecule has 21 heavy (non-hydrogen) atoms. The molecule has 4 nitrogen and oxygen atoms in total. The van der Waals surface area contributed by atoms with Gasteiger partial charge in [-0.25, -0.2) is 0 Å². The van der Waals surface area contributed by atoms with Crippen LogP contribution in [0.1, 0.15) is 17.1 Å². The summed E-state index contributed by atoms with van der Waals surface area (Å²) in [5, 5.41) is 3.29. The second kappa shape index (κ2) is 7.09. The van der Waals surface area contributed by atoms with E-state index in [1.807, 2.05) is 49.4 Å². The summed E-state index contributed by atoms with van der Waals surface area (Å²) in [4.78, 5) is 13.9. The Hall–Kier alpha value is -2.07. The lowest BCUT2D eigenvalue weighted by atomic mass is 10.0. The number of furan rings is 1. The van der Waals surface area contributed by atoms with Crippen LogP contribution in [0.5, 0.6) is 0 Å². The molecule has 2 rings (SSSR count). The fourth-order valence-corrected chi connectivity index (χ4v) is 2.21. The highest BCUT2D eigenvalue weighted by atomic mass is 16.3. The Labute approximate surface area is 125 Å². The van der Waals surface area contributed by atoms with Crippen molar-refractivity contribution in [2.24, 2.45) is 0 Å². The van der Waals surface area contributed by atoms with Crippen LogP contribution in [-0.4, -0.2) is 30.9 Å². The number of benzene rings is 1. The van der Waals surface area contributed by atoms with Crippen molar-refractivity contribution >= 4 is 5.91 Å². The quantitative estimate of drug-likeness (QED) is 0.887. The van der Waals surface area contributed by atoms with E-state index in [1.165, 1.54) is 0 Å². The maximum atomic E-state index is 12.3. The van der Waals surface area contributed by atoms with E-state index < -0.39 is 0 Å². The average molecular weight is 286 g/mol. The summed E-state index contributed by atoms with van der Waals surface area (Å²) in [5.74, 6) is 1.80. The van der Waals surface area contributed by atoms with E-state index >= 15 is 0 Å². The Morgan fingerprint density at radius 3 is 2.48 bits per heavy atom. The molecule has 0 aliphatic heterocycles. The maximum Gasteiger partial charge on any atom is 0.239 e. The number of hydrogen-bond donors (Lipinski definition) is 1. The van der Waals surface area contributed by atoms with Gasteiger partial charge in [-0.3, -0.25) is 10.1 Å².